The van der Waals surface area contributed by atoms with Gasteiger partial charge in [-0.3, -0.25) is 7.05 Å². The van der Waals surface area contributed by atoms with Crippen LogP contribution in [0.2, 0.25) is 0 Å². The van der Waals surface area contributed by atoms with Crippen LogP contribution in [0, 0.1) is 7.05 Å². The molecule has 0 aromatic heterocycles. The van der Waals surface area contributed by atoms with Gasteiger partial charge in [0.25, 0.3) is 0 Å². The number of aryl methyl sites for hydroxylation is 2. The van der Waals surface area contributed by atoms with E-state index in [0.717, 1.165) is 12.8 Å². The van der Waals surface area contributed by atoms with Crippen molar-refractivity contribution in [2.24, 2.45) is 0 Å². The molecule has 0 aliphatic rings. The Kier molecular flexibility index (Phi) is 7.97. The van der Waals surface area contributed by atoms with E-state index in [2.05, 4.69) is 45.2 Å². The maximum absolute atomic E-state index is 3.91. The summed E-state index contributed by atoms with van der Waals surface area (Å²) in [6, 6.07) is 9.50. The summed E-state index contributed by atoms with van der Waals surface area (Å²) in [6.07, 6.45) is 3.44. The molecule has 0 heterocycles. The molecule has 0 bridgehead atoms. The molecule has 1 unspecified atom stereocenters. The average molecular weight is 388 g/mol. The van der Waals surface area contributed by atoms with Crippen LogP contribution in [0.4, 0.5) is 0 Å². The second-order valence-electron chi connectivity index (χ2n) is 4.31. The van der Waals surface area contributed by atoms with Gasteiger partial charge in [-0.05, 0) is 43.5 Å². The molecule has 90 valence electrons. The quantitative estimate of drug-likeness (QED) is 0.700. The minimum atomic E-state index is 0. The first kappa shape index (κ1) is 15.9. The minimum Gasteiger partial charge on any atom is -0.459 e. The van der Waals surface area contributed by atoms with Crippen molar-refractivity contribution >= 4 is 0 Å². The van der Waals surface area contributed by atoms with Crippen LogP contribution in [0.1, 0.15) is 31.4 Å². The second-order valence-corrected chi connectivity index (χ2v) is 4.31. The third-order valence-corrected chi connectivity index (χ3v) is 3.03. The summed E-state index contributed by atoms with van der Waals surface area (Å²) in [4.78, 5) is 2.03. The maximum atomic E-state index is 3.91. The molecule has 1 aromatic carbocycles. The Hall–Kier alpha value is -0.132. The van der Waals surface area contributed by atoms with E-state index >= 15 is 0 Å². The summed E-state index contributed by atoms with van der Waals surface area (Å²) in [5.74, 6) is 0. The van der Waals surface area contributed by atoms with Gasteiger partial charge in [-0.15, -0.1) is 0 Å². The van der Waals surface area contributed by atoms with Gasteiger partial charge < -0.3 is 4.90 Å². The van der Waals surface area contributed by atoms with Crippen molar-refractivity contribution in [3.63, 3.8) is 0 Å². The van der Waals surface area contributed by atoms with Gasteiger partial charge in [0.2, 0.25) is 0 Å². The molecule has 0 radical (unpaired) electrons. The SMILES string of the molecule is [CH2-]N(C)C(C)CCc1ccc(CC)cc1.[W]. The van der Waals surface area contributed by atoms with Crippen molar-refractivity contribution in [1.82, 2.24) is 4.90 Å². The fraction of sp³-hybridized carbons (Fsp3) is 0.500. The van der Waals surface area contributed by atoms with Crippen molar-refractivity contribution in [3.05, 3.63) is 42.4 Å². The molecular weight excluding hydrogens is 366 g/mol. The smallest absolute Gasteiger partial charge is 0 e. The van der Waals surface area contributed by atoms with E-state index in [1.54, 1.807) is 0 Å². The van der Waals surface area contributed by atoms with E-state index in [1.165, 1.54) is 17.5 Å². The van der Waals surface area contributed by atoms with Gasteiger partial charge in [0.1, 0.15) is 0 Å². The summed E-state index contributed by atoms with van der Waals surface area (Å²) >= 11 is 0. The van der Waals surface area contributed by atoms with E-state index in [1.807, 2.05) is 11.9 Å². The number of hydrogen-bond donors (Lipinski definition) is 0. The molecule has 0 spiro atoms. The fourth-order valence-electron chi connectivity index (χ4n) is 1.54. The molecule has 16 heavy (non-hydrogen) atoms. The van der Waals surface area contributed by atoms with Crippen molar-refractivity contribution in [1.29, 1.82) is 0 Å². The molecule has 1 rings (SSSR count). The van der Waals surface area contributed by atoms with Crippen LogP contribution < -0.4 is 0 Å². The summed E-state index contributed by atoms with van der Waals surface area (Å²) in [5.41, 5.74) is 2.85. The van der Waals surface area contributed by atoms with Crippen LogP contribution in [0.3, 0.4) is 0 Å². The summed E-state index contributed by atoms with van der Waals surface area (Å²) < 4.78 is 0. The monoisotopic (exact) mass is 388 g/mol. The third kappa shape index (κ3) is 5.27. The number of benzene rings is 1. The molecule has 1 atom stereocenters. The Morgan fingerprint density at radius 1 is 1.19 bits per heavy atom. The molecule has 0 amide bonds. The van der Waals surface area contributed by atoms with E-state index in [0.29, 0.717) is 6.04 Å². The first-order valence-corrected chi connectivity index (χ1v) is 5.74. The van der Waals surface area contributed by atoms with Gasteiger partial charge in [0, 0.05) is 21.1 Å². The third-order valence-electron chi connectivity index (χ3n) is 3.03. The van der Waals surface area contributed by atoms with Crippen molar-refractivity contribution in [2.75, 3.05) is 7.05 Å². The number of rotatable bonds is 5. The molecule has 0 aliphatic heterocycles. The predicted molar refractivity (Wildman–Crippen MR) is 66.7 cm³/mol. The first-order chi connectivity index (χ1) is 7.13. The molecule has 0 aliphatic carbocycles. The number of hydrogen-bond acceptors (Lipinski definition) is 1. The van der Waals surface area contributed by atoms with E-state index in [4.69, 9.17) is 0 Å². The zero-order chi connectivity index (χ0) is 11.3. The van der Waals surface area contributed by atoms with Gasteiger partial charge in [-0.2, -0.15) is 0 Å². The zero-order valence-electron chi connectivity index (χ0n) is 10.6. The van der Waals surface area contributed by atoms with Crippen LogP contribution in [0.15, 0.2) is 24.3 Å². The summed E-state index contributed by atoms with van der Waals surface area (Å²) in [6.45, 7) is 4.40. The maximum Gasteiger partial charge on any atom is 0 e. The van der Waals surface area contributed by atoms with Crippen LogP contribution in [0.5, 0.6) is 0 Å². The second kappa shape index (κ2) is 8.03. The molecule has 0 N–H and O–H groups in total. The summed E-state index contributed by atoms with van der Waals surface area (Å²) in [5, 5.41) is 0. The Labute approximate surface area is 114 Å². The van der Waals surface area contributed by atoms with Gasteiger partial charge in [0.05, 0.1) is 0 Å². The molecule has 2 heteroatoms. The molecule has 0 saturated heterocycles. The fourth-order valence-corrected chi connectivity index (χ4v) is 1.54. The largest absolute Gasteiger partial charge is 0.459 e. The molecule has 1 nitrogen and oxygen atoms in total. The number of nitrogens with zero attached hydrogens (tertiary/aromatic N) is 1. The molecular formula is C14H22NW-. The van der Waals surface area contributed by atoms with Crippen LogP contribution >= 0.6 is 0 Å². The Bertz CT molecular complexity index is 279. The Morgan fingerprint density at radius 3 is 2.12 bits per heavy atom. The molecule has 0 fully saturated rings. The predicted octanol–water partition coefficient (Wildman–Crippen LogP) is 3.29. The van der Waals surface area contributed by atoms with Crippen LogP contribution in [-0.4, -0.2) is 18.0 Å². The van der Waals surface area contributed by atoms with E-state index < -0.39 is 0 Å². The standard InChI is InChI=1S/C14H22N.W/c1-5-13-8-10-14(11-9-13)7-6-12(2)15(3)4;/h8-12H,3,5-7H2,1-2,4H3;/q-1;. The zero-order valence-corrected chi connectivity index (χ0v) is 13.5. The first-order valence-electron chi connectivity index (χ1n) is 5.74. The topological polar surface area (TPSA) is 3.24 Å². The molecule has 0 saturated carbocycles. The van der Waals surface area contributed by atoms with E-state index in [9.17, 15) is 0 Å². The van der Waals surface area contributed by atoms with Gasteiger partial charge >= 0.3 is 0 Å². The Morgan fingerprint density at radius 2 is 1.69 bits per heavy atom. The van der Waals surface area contributed by atoms with Gasteiger partial charge in [-0.25, -0.2) is 0 Å². The van der Waals surface area contributed by atoms with E-state index in [-0.39, 0.29) is 21.1 Å². The molecule has 1 aromatic rings. The normalized spacial score (nSPS) is 12.3. The van der Waals surface area contributed by atoms with Crippen molar-refractivity contribution < 1.29 is 21.1 Å². The van der Waals surface area contributed by atoms with Crippen LogP contribution in [0.25, 0.3) is 0 Å². The van der Waals surface area contributed by atoms with Crippen molar-refractivity contribution in [3.8, 4) is 0 Å². The van der Waals surface area contributed by atoms with Crippen molar-refractivity contribution in [2.45, 2.75) is 39.2 Å². The average Bonchev–Trinajstić information content (AvgIpc) is 2.26. The summed E-state index contributed by atoms with van der Waals surface area (Å²) in [7, 11) is 5.94. The minimum absolute atomic E-state index is 0. The van der Waals surface area contributed by atoms with Gasteiger partial charge in [0.15, 0.2) is 0 Å². The Balaban J connectivity index is 0.00000225. The van der Waals surface area contributed by atoms with Crippen LogP contribution in [-0.2, 0) is 33.9 Å². The van der Waals surface area contributed by atoms with Gasteiger partial charge in [-0.1, -0.05) is 38.1 Å².